The highest BCUT2D eigenvalue weighted by molar-refractivity contribution is 5.73. The van der Waals surface area contributed by atoms with Crippen molar-refractivity contribution in [2.75, 3.05) is 19.8 Å². The molecule has 3 aromatic rings. The Kier molecular flexibility index (Phi) is 12.3. The molecule has 0 fully saturated rings. The van der Waals surface area contributed by atoms with Gasteiger partial charge in [0.15, 0.2) is 34.8 Å². The summed E-state index contributed by atoms with van der Waals surface area (Å²) in [6, 6.07) is 8.17. The Balaban J connectivity index is 1.16. The SMILES string of the molecule is CCCCOc1ccc(C2=CCC(OCC3CC=C(c4ccc(-c5ccc(OCCCC)c(F)c5F)c(F)c4F)CC3)CC2)c(F)c1F. The Labute approximate surface area is 278 Å². The Morgan fingerprint density at radius 1 is 0.562 bits per heavy atom. The summed E-state index contributed by atoms with van der Waals surface area (Å²) in [6.07, 6.45) is 10.5. The monoisotopic (exact) mass is 672 g/mol. The lowest BCUT2D eigenvalue weighted by Gasteiger charge is -2.27. The van der Waals surface area contributed by atoms with Crippen LogP contribution in [0.5, 0.6) is 11.5 Å². The van der Waals surface area contributed by atoms with E-state index in [4.69, 9.17) is 14.2 Å². The highest BCUT2D eigenvalue weighted by Gasteiger charge is 2.26. The molecule has 0 N–H and O–H groups in total. The maximum Gasteiger partial charge on any atom is 0.201 e. The highest BCUT2D eigenvalue weighted by Crippen LogP contribution is 2.38. The summed E-state index contributed by atoms with van der Waals surface area (Å²) < 4.78 is 106. The Bertz CT molecular complexity index is 1650. The van der Waals surface area contributed by atoms with Gasteiger partial charge < -0.3 is 14.2 Å². The summed E-state index contributed by atoms with van der Waals surface area (Å²) >= 11 is 0. The van der Waals surface area contributed by atoms with Crippen LogP contribution in [0.3, 0.4) is 0 Å². The molecule has 0 aliphatic heterocycles. The van der Waals surface area contributed by atoms with E-state index in [1.54, 1.807) is 6.07 Å². The van der Waals surface area contributed by atoms with Gasteiger partial charge in [-0.05, 0) is 92.7 Å². The molecule has 9 heteroatoms. The Hall–Kier alpha value is -3.72. The summed E-state index contributed by atoms with van der Waals surface area (Å²) in [5.41, 5.74) is 1.02. The molecule has 258 valence electrons. The van der Waals surface area contributed by atoms with Gasteiger partial charge in [-0.2, -0.15) is 8.78 Å². The van der Waals surface area contributed by atoms with Crippen LogP contribution in [-0.2, 0) is 4.74 Å². The first-order valence-electron chi connectivity index (χ1n) is 16.9. The second kappa shape index (κ2) is 16.6. The van der Waals surface area contributed by atoms with Gasteiger partial charge in [0.2, 0.25) is 11.6 Å². The summed E-state index contributed by atoms with van der Waals surface area (Å²) in [7, 11) is 0. The maximum atomic E-state index is 15.3. The van der Waals surface area contributed by atoms with E-state index < -0.39 is 34.9 Å². The molecule has 5 rings (SSSR count). The third-order valence-corrected chi connectivity index (χ3v) is 9.12. The van der Waals surface area contributed by atoms with Crippen molar-refractivity contribution in [2.45, 2.75) is 84.2 Å². The normalized spacial score (nSPS) is 18.0. The van der Waals surface area contributed by atoms with Gasteiger partial charge in [-0.3, -0.25) is 0 Å². The van der Waals surface area contributed by atoms with Crippen molar-refractivity contribution in [1.82, 2.24) is 0 Å². The Morgan fingerprint density at radius 2 is 1.02 bits per heavy atom. The molecule has 3 aromatic carbocycles. The van der Waals surface area contributed by atoms with Crippen LogP contribution in [0.15, 0.2) is 48.6 Å². The van der Waals surface area contributed by atoms with E-state index in [9.17, 15) is 17.6 Å². The number of benzene rings is 3. The topological polar surface area (TPSA) is 27.7 Å². The summed E-state index contributed by atoms with van der Waals surface area (Å²) in [4.78, 5) is 0. The van der Waals surface area contributed by atoms with E-state index >= 15 is 8.78 Å². The van der Waals surface area contributed by atoms with Crippen LogP contribution in [0.25, 0.3) is 22.3 Å². The minimum Gasteiger partial charge on any atom is -0.490 e. The fourth-order valence-electron chi connectivity index (χ4n) is 6.16. The molecular formula is C39H42F6O3. The molecule has 0 spiro atoms. The first kappa shape index (κ1) is 35.6. The molecule has 2 aliphatic carbocycles. The smallest absolute Gasteiger partial charge is 0.201 e. The van der Waals surface area contributed by atoms with Crippen molar-refractivity contribution in [2.24, 2.45) is 5.92 Å². The minimum absolute atomic E-state index is 0.0510. The molecule has 0 bridgehead atoms. The predicted octanol–water partition coefficient (Wildman–Crippen LogP) is 11.4. The van der Waals surface area contributed by atoms with E-state index in [-0.39, 0.29) is 52.4 Å². The quantitative estimate of drug-likeness (QED) is 0.126. The molecule has 3 nitrogen and oxygen atoms in total. The van der Waals surface area contributed by atoms with E-state index in [2.05, 4.69) is 0 Å². The van der Waals surface area contributed by atoms with E-state index in [0.717, 1.165) is 24.8 Å². The molecule has 2 unspecified atom stereocenters. The fraction of sp³-hybridized carbons (Fsp3) is 0.436. The van der Waals surface area contributed by atoms with Crippen molar-refractivity contribution in [3.05, 3.63) is 94.6 Å². The molecule has 0 radical (unpaired) electrons. The Morgan fingerprint density at radius 3 is 1.54 bits per heavy atom. The number of ether oxygens (including phenoxy) is 3. The van der Waals surface area contributed by atoms with E-state index in [0.29, 0.717) is 63.7 Å². The lowest BCUT2D eigenvalue weighted by molar-refractivity contribution is 0.0233. The third kappa shape index (κ3) is 8.11. The standard InChI is InChI=1S/C39H42F6O3/c1-3-5-21-46-32-19-17-29(35(41)38(32)44)26-11-13-27(14-12-26)48-23-24-7-9-25(10-8-24)28-15-16-30(36(42)34(28)40)31-18-20-33(39(45)37(31)43)47-22-6-4-2/h9,11,15-20,24,27H,3-8,10,12-14,21-23H2,1-2H3. The summed E-state index contributed by atoms with van der Waals surface area (Å²) in [6.45, 7) is 4.99. The van der Waals surface area contributed by atoms with Crippen molar-refractivity contribution in [1.29, 1.82) is 0 Å². The van der Waals surface area contributed by atoms with Crippen LogP contribution in [0.2, 0.25) is 0 Å². The minimum atomic E-state index is -1.29. The molecule has 2 atom stereocenters. The fourth-order valence-corrected chi connectivity index (χ4v) is 6.16. The molecule has 0 saturated carbocycles. The van der Waals surface area contributed by atoms with E-state index in [1.807, 2.05) is 26.0 Å². The molecule has 0 amide bonds. The van der Waals surface area contributed by atoms with Gasteiger partial charge in [0.1, 0.15) is 0 Å². The van der Waals surface area contributed by atoms with Crippen molar-refractivity contribution in [3.8, 4) is 22.6 Å². The average Bonchev–Trinajstić information content (AvgIpc) is 3.10. The molecule has 0 aromatic heterocycles. The number of allylic oxidation sites excluding steroid dienone is 3. The van der Waals surface area contributed by atoms with Crippen LogP contribution in [0, 0.1) is 40.8 Å². The van der Waals surface area contributed by atoms with Gasteiger partial charge in [-0.1, -0.05) is 51.0 Å². The van der Waals surface area contributed by atoms with Crippen LogP contribution >= 0.6 is 0 Å². The van der Waals surface area contributed by atoms with Crippen molar-refractivity contribution in [3.63, 3.8) is 0 Å². The van der Waals surface area contributed by atoms with Gasteiger partial charge in [-0.15, -0.1) is 0 Å². The van der Waals surface area contributed by atoms with E-state index in [1.165, 1.54) is 30.3 Å². The maximum absolute atomic E-state index is 15.3. The number of hydrogen-bond acceptors (Lipinski definition) is 3. The highest BCUT2D eigenvalue weighted by atomic mass is 19.2. The van der Waals surface area contributed by atoms with Crippen LogP contribution < -0.4 is 9.47 Å². The lowest BCUT2D eigenvalue weighted by atomic mass is 9.86. The second-order valence-corrected chi connectivity index (χ2v) is 12.5. The molecule has 48 heavy (non-hydrogen) atoms. The zero-order chi connectivity index (χ0) is 34.2. The summed E-state index contributed by atoms with van der Waals surface area (Å²) in [5, 5.41) is 0. The zero-order valence-corrected chi connectivity index (χ0v) is 27.5. The van der Waals surface area contributed by atoms with Crippen LogP contribution in [0.4, 0.5) is 26.3 Å². The lowest BCUT2D eigenvalue weighted by Crippen LogP contribution is -2.21. The van der Waals surface area contributed by atoms with Crippen molar-refractivity contribution < 1.29 is 40.6 Å². The van der Waals surface area contributed by atoms with Crippen LogP contribution in [0.1, 0.15) is 89.2 Å². The molecule has 0 heterocycles. The van der Waals surface area contributed by atoms with Gasteiger partial charge in [0.05, 0.1) is 25.9 Å². The molecular weight excluding hydrogens is 630 g/mol. The number of unbranched alkanes of at least 4 members (excludes halogenated alkanes) is 2. The van der Waals surface area contributed by atoms with Gasteiger partial charge in [0, 0.05) is 22.3 Å². The predicted molar refractivity (Wildman–Crippen MR) is 176 cm³/mol. The van der Waals surface area contributed by atoms with Gasteiger partial charge >= 0.3 is 0 Å². The average molecular weight is 673 g/mol. The molecule has 2 aliphatic rings. The zero-order valence-electron chi connectivity index (χ0n) is 27.5. The number of hydrogen-bond donors (Lipinski definition) is 0. The van der Waals surface area contributed by atoms with Gasteiger partial charge in [0.25, 0.3) is 0 Å². The van der Waals surface area contributed by atoms with Crippen molar-refractivity contribution >= 4 is 11.1 Å². The number of rotatable bonds is 14. The first-order chi connectivity index (χ1) is 23.2. The first-order valence-corrected chi connectivity index (χ1v) is 16.9. The van der Waals surface area contributed by atoms with Gasteiger partial charge in [-0.25, -0.2) is 17.6 Å². The third-order valence-electron chi connectivity index (χ3n) is 9.12. The van der Waals surface area contributed by atoms with Crippen LogP contribution in [-0.4, -0.2) is 25.9 Å². The second-order valence-electron chi connectivity index (χ2n) is 12.5. The summed E-state index contributed by atoms with van der Waals surface area (Å²) in [5.74, 6) is -6.87. The molecule has 0 saturated heterocycles. The number of halogens is 6. The largest absolute Gasteiger partial charge is 0.490 e.